The fraction of sp³-hybridized carbons (Fsp3) is 0.350. The van der Waals surface area contributed by atoms with Gasteiger partial charge < -0.3 is 4.90 Å². The maximum atomic E-state index is 4.75. The molecule has 0 unspecified atom stereocenters. The van der Waals surface area contributed by atoms with E-state index in [1.54, 1.807) is 0 Å². The zero-order valence-corrected chi connectivity index (χ0v) is 27.0. The summed E-state index contributed by atoms with van der Waals surface area (Å²) in [6, 6.07) is 33.6. The molecular weight excluding hydrogens is 550 g/mol. The van der Waals surface area contributed by atoms with Gasteiger partial charge in [-0.25, -0.2) is 0 Å². The molecule has 1 aliphatic carbocycles. The second-order valence-corrected chi connectivity index (χ2v) is 12.3. The summed E-state index contributed by atoms with van der Waals surface area (Å²) < 4.78 is 0. The van der Waals surface area contributed by atoms with Crippen LogP contribution in [0, 0.1) is 5.92 Å². The molecule has 0 amide bonds. The van der Waals surface area contributed by atoms with E-state index in [2.05, 4.69) is 109 Å². The largest absolute Gasteiger partial charge is 0.372 e. The highest BCUT2D eigenvalue weighted by atomic mass is 15.1. The lowest BCUT2D eigenvalue weighted by molar-refractivity contribution is 0.304. The predicted molar refractivity (Wildman–Crippen MR) is 190 cm³/mol. The van der Waals surface area contributed by atoms with Crippen LogP contribution in [-0.4, -0.2) is 13.1 Å². The number of rotatable bonds is 11. The Bertz CT molecular complexity index is 1780. The van der Waals surface area contributed by atoms with Crippen LogP contribution in [0.2, 0.25) is 0 Å². The summed E-state index contributed by atoms with van der Waals surface area (Å²) in [4.78, 5) is 2.37. The highest BCUT2D eigenvalue weighted by Gasteiger charge is 2.22. The molecule has 230 valence electrons. The van der Waals surface area contributed by atoms with Crippen LogP contribution in [0.25, 0.3) is 21.5 Å². The van der Waals surface area contributed by atoms with Gasteiger partial charge in [-0.3, -0.25) is 0 Å². The van der Waals surface area contributed by atoms with Crippen molar-refractivity contribution in [2.45, 2.75) is 71.6 Å². The predicted octanol–water partition coefficient (Wildman–Crippen LogP) is 13.1. The van der Waals surface area contributed by atoms with Crippen molar-refractivity contribution in [1.82, 2.24) is 0 Å². The molecule has 0 saturated heterocycles. The Morgan fingerprint density at radius 2 is 1.07 bits per heavy atom. The Morgan fingerprint density at radius 1 is 0.556 bits per heavy atom. The molecule has 0 atom stereocenters. The normalized spacial score (nSPS) is 17.1. The maximum Gasteiger partial charge on any atom is 0.0936 e. The topological polar surface area (TPSA) is 52.7 Å². The molecule has 0 bridgehead atoms. The lowest BCUT2D eigenvalue weighted by Crippen LogP contribution is -2.21. The Morgan fingerprint density at radius 3 is 1.62 bits per heavy atom. The van der Waals surface area contributed by atoms with Crippen molar-refractivity contribution in [3.05, 3.63) is 103 Å². The zero-order valence-electron chi connectivity index (χ0n) is 27.0. The van der Waals surface area contributed by atoms with Gasteiger partial charge in [0.1, 0.15) is 0 Å². The second-order valence-electron chi connectivity index (χ2n) is 12.3. The molecule has 5 aromatic carbocycles. The van der Waals surface area contributed by atoms with E-state index in [9.17, 15) is 0 Å². The minimum atomic E-state index is 0.679. The molecule has 0 radical (unpaired) electrons. The van der Waals surface area contributed by atoms with Crippen molar-refractivity contribution < 1.29 is 0 Å². The summed E-state index contributed by atoms with van der Waals surface area (Å²) >= 11 is 0. The highest BCUT2D eigenvalue weighted by molar-refractivity contribution is 6.02. The number of azo groups is 2. The molecule has 45 heavy (non-hydrogen) atoms. The quantitative estimate of drug-likeness (QED) is 0.140. The van der Waals surface area contributed by atoms with E-state index in [0.29, 0.717) is 5.92 Å². The zero-order chi connectivity index (χ0) is 31.0. The minimum absolute atomic E-state index is 0.679. The van der Waals surface area contributed by atoms with E-state index >= 15 is 0 Å². The standard InChI is InChI=1S/C40H45N5/c1-4-7-12-29-17-19-30(20-18-29)31-21-23-32(24-22-31)41-42-37-25-26-38(34-14-9-8-13-33(34)37)43-44-39-27-28-40(45(5-2)6-3)36-16-11-10-15-35(36)39/h8-11,13-16,21-30H,4-7,12,17-20H2,1-3H3. The van der Waals surface area contributed by atoms with Crippen LogP contribution in [0.1, 0.15) is 77.2 Å². The number of hydrogen-bond acceptors (Lipinski definition) is 5. The molecule has 0 aromatic heterocycles. The molecule has 5 heteroatoms. The third-order valence-electron chi connectivity index (χ3n) is 9.58. The number of unbranched alkanes of at least 4 members (excludes halogenated alkanes) is 1. The summed E-state index contributed by atoms with van der Waals surface area (Å²) in [5.74, 6) is 1.61. The first kappa shape index (κ1) is 30.6. The van der Waals surface area contributed by atoms with E-state index in [0.717, 1.165) is 57.9 Å². The van der Waals surface area contributed by atoms with Crippen molar-refractivity contribution in [2.24, 2.45) is 26.4 Å². The number of anilines is 1. The van der Waals surface area contributed by atoms with E-state index in [1.807, 2.05) is 24.3 Å². The fourth-order valence-electron chi connectivity index (χ4n) is 6.95. The lowest BCUT2D eigenvalue weighted by atomic mass is 9.77. The number of nitrogens with zero attached hydrogens (tertiary/aromatic N) is 5. The maximum absolute atomic E-state index is 4.75. The van der Waals surface area contributed by atoms with Crippen LogP contribution in [0.4, 0.5) is 28.4 Å². The molecule has 1 fully saturated rings. The molecule has 0 spiro atoms. The molecule has 6 rings (SSSR count). The average molecular weight is 596 g/mol. The Kier molecular flexibility index (Phi) is 9.94. The van der Waals surface area contributed by atoms with Gasteiger partial charge in [0.25, 0.3) is 0 Å². The first-order valence-electron chi connectivity index (χ1n) is 16.9. The summed E-state index contributed by atoms with van der Waals surface area (Å²) in [6.45, 7) is 8.60. The molecule has 5 aromatic rings. The van der Waals surface area contributed by atoms with Crippen LogP contribution in [0.15, 0.2) is 118 Å². The van der Waals surface area contributed by atoms with Crippen molar-refractivity contribution in [3.8, 4) is 0 Å². The van der Waals surface area contributed by atoms with Gasteiger partial charge in [0.05, 0.1) is 22.7 Å². The summed E-state index contributed by atoms with van der Waals surface area (Å²) in [6.07, 6.45) is 9.45. The Labute approximate surface area is 268 Å². The number of fused-ring (bicyclic) bond motifs is 2. The van der Waals surface area contributed by atoms with Crippen molar-refractivity contribution in [2.75, 3.05) is 18.0 Å². The Hall–Kier alpha value is -4.38. The number of hydrogen-bond donors (Lipinski definition) is 0. The summed E-state index contributed by atoms with van der Waals surface area (Å²) in [7, 11) is 0. The lowest BCUT2D eigenvalue weighted by Gasteiger charge is -2.28. The molecular formula is C40H45N5. The highest BCUT2D eigenvalue weighted by Crippen LogP contribution is 2.40. The van der Waals surface area contributed by atoms with Crippen LogP contribution in [0.5, 0.6) is 0 Å². The SMILES string of the molecule is CCCCC1CCC(c2ccc(N=Nc3ccc(N=Nc4ccc(N(CC)CC)c5ccccc45)c4ccccc34)cc2)CC1. The van der Waals surface area contributed by atoms with Gasteiger partial charge in [-0.15, -0.1) is 15.3 Å². The molecule has 1 aliphatic rings. The molecule has 0 N–H and O–H groups in total. The van der Waals surface area contributed by atoms with Gasteiger partial charge in [-0.1, -0.05) is 86.8 Å². The van der Waals surface area contributed by atoms with E-state index in [1.165, 1.54) is 61.6 Å². The van der Waals surface area contributed by atoms with Crippen molar-refractivity contribution in [1.29, 1.82) is 0 Å². The van der Waals surface area contributed by atoms with Crippen LogP contribution in [0.3, 0.4) is 0 Å². The van der Waals surface area contributed by atoms with Gasteiger partial charge in [0, 0.05) is 40.3 Å². The monoisotopic (exact) mass is 595 g/mol. The summed E-state index contributed by atoms with van der Waals surface area (Å²) in [5.41, 5.74) is 6.06. The van der Waals surface area contributed by atoms with Crippen LogP contribution in [-0.2, 0) is 0 Å². The van der Waals surface area contributed by atoms with Gasteiger partial charge >= 0.3 is 0 Å². The first-order valence-corrected chi connectivity index (χ1v) is 16.9. The minimum Gasteiger partial charge on any atom is -0.372 e. The smallest absolute Gasteiger partial charge is 0.0936 e. The van der Waals surface area contributed by atoms with Crippen LogP contribution < -0.4 is 4.90 Å². The van der Waals surface area contributed by atoms with Gasteiger partial charge in [0.15, 0.2) is 0 Å². The Balaban J connectivity index is 1.20. The van der Waals surface area contributed by atoms with E-state index in [-0.39, 0.29) is 0 Å². The third kappa shape index (κ3) is 6.98. The van der Waals surface area contributed by atoms with Gasteiger partial charge in [-0.2, -0.15) is 5.11 Å². The van der Waals surface area contributed by atoms with Crippen molar-refractivity contribution in [3.63, 3.8) is 0 Å². The van der Waals surface area contributed by atoms with Crippen LogP contribution >= 0.6 is 0 Å². The fourth-order valence-corrected chi connectivity index (χ4v) is 6.95. The van der Waals surface area contributed by atoms with Crippen molar-refractivity contribution >= 4 is 50.0 Å². The van der Waals surface area contributed by atoms with E-state index in [4.69, 9.17) is 10.2 Å². The van der Waals surface area contributed by atoms with E-state index < -0.39 is 0 Å². The number of benzene rings is 5. The average Bonchev–Trinajstić information content (AvgIpc) is 3.10. The molecule has 5 nitrogen and oxygen atoms in total. The summed E-state index contributed by atoms with van der Waals surface area (Å²) in [5, 5.41) is 23.1. The first-order chi connectivity index (χ1) is 22.2. The van der Waals surface area contributed by atoms with Gasteiger partial charge in [0.2, 0.25) is 0 Å². The molecule has 0 aliphatic heterocycles. The molecule has 0 heterocycles. The second kappa shape index (κ2) is 14.6. The molecule has 1 saturated carbocycles. The third-order valence-corrected chi connectivity index (χ3v) is 9.58. The van der Waals surface area contributed by atoms with Gasteiger partial charge in [-0.05, 0) is 93.3 Å².